The summed E-state index contributed by atoms with van der Waals surface area (Å²) in [7, 11) is 1.64. The summed E-state index contributed by atoms with van der Waals surface area (Å²) in [5.74, 6) is 1.98. The molecule has 1 N–H and O–H groups in total. The van der Waals surface area contributed by atoms with E-state index in [0.717, 1.165) is 29.2 Å². The average Bonchev–Trinajstić information content (AvgIpc) is 3.43. The number of imidazole rings is 1. The maximum absolute atomic E-state index is 13.0. The van der Waals surface area contributed by atoms with Crippen LogP contribution in [0.1, 0.15) is 31.5 Å². The highest BCUT2D eigenvalue weighted by atomic mass is 16.5. The second-order valence-corrected chi connectivity index (χ2v) is 9.58. The van der Waals surface area contributed by atoms with Gasteiger partial charge >= 0.3 is 0 Å². The number of rotatable bonds is 9. The fourth-order valence-electron chi connectivity index (χ4n) is 4.48. The van der Waals surface area contributed by atoms with Gasteiger partial charge in [0.15, 0.2) is 0 Å². The van der Waals surface area contributed by atoms with E-state index in [9.17, 15) is 9.59 Å². The molecule has 0 aliphatic carbocycles. The Balaban J connectivity index is 1.43. The van der Waals surface area contributed by atoms with Gasteiger partial charge in [0.1, 0.15) is 17.9 Å². The summed E-state index contributed by atoms with van der Waals surface area (Å²) in [6, 6.07) is 9.50. The third kappa shape index (κ3) is 6.63. The Kier molecular flexibility index (Phi) is 8.37. The highest BCUT2D eigenvalue weighted by molar-refractivity contribution is 5.81. The van der Waals surface area contributed by atoms with Crippen LogP contribution in [-0.4, -0.2) is 75.6 Å². The number of amides is 2. The van der Waals surface area contributed by atoms with E-state index in [1.54, 1.807) is 30.4 Å². The Morgan fingerprint density at radius 2 is 1.95 bits per heavy atom. The van der Waals surface area contributed by atoms with Crippen LogP contribution in [0.25, 0.3) is 5.95 Å². The van der Waals surface area contributed by atoms with E-state index in [0.29, 0.717) is 32.1 Å². The Bertz CT molecular complexity index is 1200. The molecule has 10 nitrogen and oxygen atoms in total. The molecular formula is C27H35N7O3. The van der Waals surface area contributed by atoms with E-state index in [1.807, 2.05) is 56.0 Å². The summed E-state index contributed by atoms with van der Waals surface area (Å²) in [5, 5.41) is 3.02. The van der Waals surface area contributed by atoms with Crippen LogP contribution in [0, 0.1) is 12.8 Å². The predicted octanol–water partition coefficient (Wildman–Crippen LogP) is 2.40. The van der Waals surface area contributed by atoms with Gasteiger partial charge in [-0.15, -0.1) is 0 Å². The fourth-order valence-corrected chi connectivity index (χ4v) is 4.48. The van der Waals surface area contributed by atoms with Crippen LogP contribution >= 0.6 is 0 Å². The van der Waals surface area contributed by atoms with Crippen molar-refractivity contribution in [3.05, 3.63) is 60.3 Å². The first kappa shape index (κ1) is 26.1. The highest BCUT2D eigenvalue weighted by Crippen LogP contribution is 2.22. The van der Waals surface area contributed by atoms with Crippen molar-refractivity contribution in [2.24, 2.45) is 5.92 Å². The van der Waals surface area contributed by atoms with Crippen molar-refractivity contribution in [2.75, 3.05) is 38.2 Å². The van der Waals surface area contributed by atoms with E-state index < -0.39 is 0 Å². The zero-order chi connectivity index (χ0) is 26.4. The molecule has 1 aliphatic heterocycles. The second-order valence-electron chi connectivity index (χ2n) is 9.58. The number of nitrogens with one attached hydrogen (secondary N) is 1. The number of hydrogen-bond acceptors (Lipinski definition) is 7. The number of carbonyl (C=O) groups is 2. The molecule has 0 saturated carbocycles. The van der Waals surface area contributed by atoms with Gasteiger partial charge in [-0.25, -0.2) is 9.97 Å². The van der Waals surface area contributed by atoms with Crippen LogP contribution in [0.5, 0.6) is 5.75 Å². The Hall–Kier alpha value is -3.95. The largest absolute Gasteiger partial charge is 0.497 e. The minimum atomic E-state index is -0.253. The first-order chi connectivity index (χ1) is 17.8. The van der Waals surface area contributed by atoms with E-state index in [-0.39, 0.29) is 30.2 Å². The lowest BCUT2D eigenvalue weighted by Crippen LogP contribution is -2.57. The number of piperazine rings is 1. The maximum Gasteiger partial charge on any atom is 0.237 e. The monoisotopic (exact) mass is 505 g/mol. The zero-order valence-electron chi connectivity index (χ0n) is 21.9. The summed E-state index contributed by atoms with van der Waals surface area (Å²) in [6.45, 7) is 7.93. The third-order valence-corrected chi connectivity index (χ3v) is 6.46. The summed E-state index contributed by atoms with van der Waals surface area (Å²) < 4.78 is 6.96. The SMILES string of the molecule is COc1ccc(CCNC(=O)C[C@@H]2CN(c3cc(C)nc(-n4ccnc4)n3)CCN2C(=O)C(C)C)cc1. The van der Waals surface area contributed by atoms with Crippen molar-refractivity contribution in [2.45, 2.75) is 39.7 Å². The maximum atomic E-state index is 13.0. The fraction of sp³-hybridized carbons (Fsp3) is 0.444. The number of aromatic nitrogens is 4. The Morgan fingerprint density at radius 3 is 2.62 bits per heavy atom. The van der Waals surface area contributed by atoms with Gasteiger partial charge < -0.3 is 19.9 Å². The standard InChI is InChI=1S/C27H35N7O3/c1-19(2)26(36)34-14-13-32(24-15-20(3)30-27(31-24)33-12-11-28-18-33)17-22(34)16-25(35)29-10-9-21-5-7-23(37-4)8-6-21/h5-8,11-12,15,18-19,22H,9-10,13-14,16-17H2,1-4H3,(H,29,35)/t22-/m1/s1. The van der Waals surface area contributed by atoms with Crippen LogP contribution in [0.4, 0.5) is 5.82 Å². The van der Waals surface area contributed by atoms with Crippen molar-refractivity contribution >= 4 is 17.6 Å². The third-order valence-electron chi connectivity index (χ3n) is 6.46. The number of methoxy groups -OCH3 is 1. The predicted molar refractivity (Wildman–Crippen MR) is 141 cm³/mol. The highest BCUT2D eigenvalue weighted by Gasteiger charge is 2.33. The van der Waals surface area contributed by atoms with E-state index >= 15 is 0 Å². The Morgan fingerprint density at radius 1 is 1.16 bits per heavy atom. The van der Waals surface area contributed by atoms with Crippen molar-refractivity contribution < 1.29 is 14.3 Å². The second kappa shape index (κ2) is 11.9. The number of nitrogens with zero attached hydrogens (tertiary/aromatic N) is 6. The van der Waals surface area contributed by atoms with Gasteiger partial charge in [-0.05, 0) is 31.0 Å². The topological polar surface area (TPSA) is 105 Å². The average molecular weight is 506 g/mol. The van der Waals surface area contributed by atoms with E-state index in [1.165, 1.54) is 0 Å². The molecule has 0 radical (unpaired) electrons. The molecule has 3 heterocycles. The van der Waals surface area contributed by atoms with Crippen LogP contribution in [0.2, 0.25) is 0 Å². The van der Waals surface area contributed by atoms with E-state index in [4.69, 9.17) is 9.72 Å². The summed E-state index contributed by atoms with van der Waals surface area (Å²) in [6.07, 6.45) is 6.10. The van der Waals surface area contributed by atoms with Crippen LogP contribution < -0.4 is 15.0 Å². The molecule has 1 saturated heterocycles. The van der Waals surface area contributed by atoms with Gasteiger partial charge in [0.05, 0.1) is 13.2 Å². The molecule has 2 amide bonds. The van der Waals surface area contributed by atoms with Gasteiger partial charge in [-0.1, -0.05) is 26.0 Å². The number of anilines is 1. The molecule has 10 heteroatoms. The number of carbonyl (C=O) groups excluding carboxylic acids is 2. The van der Waals surface area contributed by atoms with Crippen molar-refractivity contribution in [3.8, 4) is 11.7 Å². The van der Waals surface area contributed by atoms with Gasteiger partial charge in [0.2, 0.25) is 17.8 Å². The molecule has 37 heavy (non-hydrogen) atoms. The minimum Gasteiger partial charge on any atom is -0.497 e. The number of hydrogen-bond donors (Lipinski definition) is 1. The van der Waals surface area contributed by atoms with Crippen LogP contribution in [0.15, 0.2) is 49.1 Å². The quantitative estimate of drug-likeness (QED) is 0.476. The normalized spacial score (nSPS) is 15.6. The van der Waals surface area contributed by atoms with Crippen LogP contribution in [-0.2, 0) is 16.0 Å². The molecule has 0 unspecified atom stereocenters. The van der Waals surface area contributed by atoms with E-state index in [2.05, 4.69) is 20.2 Å². The molecule has 1 fully saturated rings. The summed E-state index contributed by atoms with van der Waals surface area (Å²) in [4.78, 5) is 43.2. The molecule has 1 aliphatic rings. The smallest absolute Gasteiger partial charge is 0.237 e. The van der Waals surface area contributed by atoms with Gasteiger partial charge in [-0.2, -0.15) is 4.98 Å². The lowest BCUT2D eigenvalue weighted by Gasteiger charge is -2.42. The van der Waals surface area contributed by atoms with Gasteiger partial charge in [-0.3, -0.25) is 14.2 Å². The number of aryl methyl sites for hydroxylation is 1. The molecule has 3 aromatic rings. The molecule has 0 bridgehead atoms. The first-order valence-corrected chi connectivity index (χ1v) is 12.6. The lowest BCUT2D eigenvalue weighted by atomic mass is 10.0. The summed E-state index contributed by atoms with van der Waals surface area (Å²) >= 11 is 0. The lowest BCUT2D eigenvalue weighted by molar-refractivity contribution is -0.138. The Labute approximate surface area is 217 Å². The number of ether oxygens (including phenoxy) is 1. The molecular weight excluding hydrogens is 470 g/mol. The van der Waals surface area contributed by atoms with Gasteiger partial charge in [0.25, 0.3) is 0 Å². The zero-order valence-corrected chi connectivity index (χ0v) is 21.9. The van der Waals surface area contributed by atoms with Crippen molar-refractivity contribution in [1.29, 1.82) is 0 Å². The number of benzene rings is 1. The van der Waals surface area contributed by atoms with Crippen molar-refractivity contribution in [3.63, 3.8) is 0 Å². The molecule has 1 aromatic carbocycles. The molecule has 2 aromatic heterocycles. The first-order valence-electron chi connectivity index (χ1n) is 12.6. The van der Waals surface area contributed by atoms with Crippen molar-refractivity contribution in [1.82, 2.24) is 29.7 Å². The molecule has 0 spiro atoms. The molecule has 196 valence electrons. The molecule has 4 rings (SSSR count). The van der Waals surface area contributed by atoms with Gasteiger partial charge in [0, 0.05) is 62.7 Å². The molecule has 1 atom stereocenters. The minimum absolute atomic E-state index is 0.0636. The van der Waals surface area contributed by atoms with Crippen LogP contribution in [0.3, 0.4) is 0 Å². The summed E-state index contributed by atoms with van der Waals surface area (Å²) in [5.41, 5.74) is 1.96.